The first-order chi connectivity index (χ1) is 17.3. The summed E-state index contributed by atoms with van der Waals surface area (Å²) >= 11 is 6.21. The Balaban J connectivity index is 1.50. The molecule has 5 aromatic rings. The zero-order valence-electron chi connectivity index (χ0n) is 19.0. The number of halogens is 1. The average Bonchev–Trinajstić information content (AvgIpc) is 3.56. The van der Waals surface area contributed by atoms with Gasteiger partial charge < -0.3 is 0 Å². The Morgan fingerprint density at radius 2 is 1.26 bits per heavy atom. The van der Waals surface area contributed by atoms with Crippen molar-refractivity contribution in [1.29, 1.82) is 0 Å². The van der Waals surface area contributed by atoms with Crippen LogP contribution in [0.5, 0.6) is 0 Å². The molecule has 170 valence electrons. The first-order valence-corrected chi connectivity index (χ1v) is 12.0. The van der Waals surface area contributed by atoms with Crippen LogP contribution in [0, 0.1) is 0 Å². The molecule has 35 heavy (non-hydrogen) atoms. The lowest BCUT2D eigenvalue weighted by Crippen LogP contribution is -2.18. The van der Waals surface area contributed by atoms with E-state index in [9.17, 15) is 0 Å². The summed E-state index contributed by atoms with van der Waals surface area (Å²) in [4.78, 5) is 0. The third kappa shape index (κ3) is 4.25. The molecule has 6 rings (SSSR count). The van der Waals surface area contributed by atoms with Gasteiger partial charge in [-0.3, -0.25) is 5.01 Å². The average molecular weight is 475 g/mol. The molecule has 2 heterocycles. The van der Waals surface area contributed by atoms with Crippen LogP contribution in [0.25, 0.3) is 16.9 Å². The Morgan fingerprint density at radius 3 is 1.91 bits per heavy atom. The fraction of sp³-hybridized carbons (Fsp3) is 0.0667. The highest BCUT2D eigenvalue weighted by Crippen LogP contribution is 2.40. The van der Waals surface area contributed by atoms with E-state index >= 15 is 0 Å². The molecule has 1 aromatic heterocycles. The Morgan fingerprint density at radius 1 is 0.657 bits per heavy atom. The van der Waals surface area contributed by atoms with E-state index in [1.165, 1.54) is 0 Å². The summed E-state index contributed by atoms with van der Waals surface area (Å²) in [6.07, 6.45) is 2.92. The van der Waals surface area contributed by atoms with Gasteiger partial charge in [0.05, 0.1) is 28.8 Å². The number of nitrogens with zero attached hydrogens (tertiary/aromatic N) is 4. The van der Waals surface area contributed by atoms with Crippen molar-refractivity contribution >= 4 is 23.0 Å². The molecule has 4 nitrogen and oxygen atoms in total. The van der Waals surface area contributed by atoms with Gasteiger partial charge in [0.2, 0.25) is 0 Å². The maximum Gasteiger partial charge on any atom is 0.0981 e. The van der Waals surface area contributed by atoms with Gasteiger partial charge in [-0.25, -0.2) is 4.68 Å². The number of aromatic nitrogens is 2. The van der Waals surface area contributed by atoms with Gasteiger partial charge in [0, 0.05) is 28.8 Å². The largest absolute Gasteiger partial charge is 0.257 e. The number of anilines is 1. The van der Waals surface area contributed by atoms with Crippen molar-refractivity contribution in [3.63, 3.8) is 0 Å². The predicted molar refractivity (Wildman–Crippen MR) is 143 cm³/mol. The smallest absolute Gasteiger partial charge is 0.0981 e. The molecule has 0 radical (unpaired) electrons. The molecule has 0 bridgehead atoms. The maximum atomic E-state index is 6.21. The molecule has 0 unspecified atom stereocenters. The summed E-state index contributed by atoms with van der Waals surface area (Å²) in [5, 5.41) is 13.0. The molecule has 0 amide bonds. The van der Waals surface area contributed by atoms with Crippen LogP contribution in [0.3, 0.4) is 0 Å². The van der Waals surface area contributed by atoms with Crippen LogP contribution in [0.1, 0.15) is 23.6 Å². The Labute approximate surface area is 209 Å². The van der Waals surface area contributed by atoms with E-state index < -0.39 is 0 Å². The van der Waals surface area contributed by atoms with Gasteiger partial charge >= 0.3 is 0 Å². The summed E-state index contributed by atoms with van der Waals surface area (Å²) in [5.74, 6) is 0. The van der Waals surface area contributed by atoms with E-state index in [0.29, 0.717) is 5.02 Å². The van der Waals surface area contributed by atoms with Crippen LogP contribution in [-0.2, 0) is 0 Å². The summed E-state index contributed by atoms with van der Waals surface area (Å²) in [6, 6.07) is 38.8. The number of hydrazone groups is 1. The van der Waals surface area contributed by atoms with E-state index in [0.717, 1.165) is 45.9 Å². The van der Waals surface area contributed by atoms with Crippen LogP contribution >= 0.6 is 11.6 Å². The van der Waals surface area contributed by atoms with E-state index in [2.05, 4.69) is 71.9 Å². The van der Waals surface area contributed by atoms with Gasteiger partial charge in [-0.2, -0.15) is 10.2 Å². The highest BCUT2D eigenvalue weighted by atomic mass is 35.5. The predicted octanol–water partition coefficient (Wildman–Crippen LogP) is 7.55. The summed E-state index contributed by atoms with van der Waals surface area (Å²) in [5.41, 5.74) is 7.35. The minimum absolute atomic E-state index is 0.00394. The Kier molecular flexibility index (Phi) is 5.65. The Bertz CT molecular complexity index is 1460. The second-order valence-electron chi connectivity index (χ2n) is 8.53. The van der Waals surface area contributed by atoms with Crippen LogP contribution < -0.4 is 5.01 Å². The van der Waals surface area contributed by atoms with Crippen LogP contribution in [0.15, 0.2) is 127 Å². The fourth-order valence-corrected chi connectivity index (χ4v) is 4.68. The Hall–Kier alpha value is -4.15. The molecule has 0 saturated carbocycles. The summed E-state index contributed by atoms with van der Waals surface area (Å²) in [7, 11) is 0. The van der Waals surface area contributed by atoms with Gasteiger partial charge in [-0.1, -0.05) is 90.5 Å². The zero-order chi connectivity index (χ0) is 23.6. The molecular weight excluding hydrogens is 452 g/mol. The minimum Gasteiger partial charge on any atom is -0.257 e. The van der Waals surface area contributed by atoms with E-state index in [4.69, 9.17) is 21.8 Å². The van der Waals surface area contributed by atoms with Gasteiger partial charge in [0.15, 0.2) is 0 Å². The highest BCUT2D eigenvalue weighted by molar-refractivity contribution is 6.30. The number of rotatable bonds is 5. The topological polar surface area (TPSA) is 33.4 Å². The number of hydrogen-bond donors (Lipinski definition) is 0. The van der Waals surface area contributed by atoms with Crippen molar-refractivity contribution < 1.29 is 0 Å². The molecule has 4 aromatic carbocycles. The van der Waals surface area contributed by atoms with Crippen molar-refractivity contribution in [3.05, 3.63) is 138 Å². The fourth-order valence-electron chi connectivity index (χ4n) is 4.55. The molecule has 1 atom stereocenters. The lowest BCUT2D eigenvalue weighted by atomic mass is 9.96. The van der Waals surface area contributed by atoms with Gasteiger partial charge in [-0.15, -0.1) is 0 Å². The van der Waals surface area contributed by atoms with Crippen LogP contribution in [0.4, 0.5) is 5.69 Å². The SMILES string of the molecule is Clc1ccc(-c2nn(-c3ccccc3)cc2[C@H]2CC(c3ccccc3)=NN2c2ccccc2)cc1. The molecule has 0 N–H and O–H groups in total. The molecule has 5 heteroatoms. The third-order valence-corrected chi connectivity index (χ3v) is 6.53. The first-order valence-electron chi connectivity index (χ1n) is 11.6. The quantitative estimate of drug-likeness (QED) is 0.263. The lowest BCUT2D eigenvalue weighted by molar-refractivity contribution is 0.709. The first kappa shape index (κ1) is 21.4. The zero-order valence-corrected chi connectivity index (χ0v) is 19.8. The van der Waals surface area contributed by atoms with Crippen molar-refractivity contribution in [1.82, 2.24) is 9.78 Å². The third-order valence-electron chi connectivity index (χ3n) is 6.28. The van der Waals surface area contributed by atoms with Crippen molar-refractivity contribution in [2.45, 2.75) is 12.5 Å². The minimum atomic E-state index is -0.00394. The van der Waals surface area contributed by atoms with Crippen molar-refractivity contribution in [2.24, 2.45) is 5.10 Å². The van der Waals surface area contributed by atoms with Gasteiger partial charge in [0.25, 0.3) is 0 Å². The number of para-hydroxylation sites is 2. The lowest BCUT2D eigenvalue weighted by Gasteiger charge is -2.23. The molecule has 0 aliphatic carbocycles. The molecule has 1 aliphatic heterocycles. The van der Waals surface area contributed by atoms with Crippen LogP contribution in [-0.4, -0.2) is 15.5 Å². The normalized spacial score (nSPS) is 15.3. The van der Waals surface area contributed by atoms with E-state index in [1.807, 2.05) is 59.3 Å². The van der Waals surface area contributed by atoms with Gasteiger partial charge in [0.1, 0.15) is 0 Å². The monoisotopic (exact) mass is 474 g/mol. The number of hydrogen-bond acceptors (Lipinski definition) is 3. The molecule has 0 fully saturated rings. The van der Waals surface area contributed by atoms with Gasteiger partial charge in [-0.05, 0) is 42.0 Å². The second-order valence-corrected chi connectivity index (χ2v) is 8.97. The summed E-state index contributed by atoms with van der Waals surface area (Å²) in [6.45, 7) is 0. The molecule has 0 saturated heterocycles. The maximum absolute atomic E-state index is 6.21. The van der Waals surface area contributed by atoms with Crippen LogP contribution in [0.2, 0.25) is 5.02 Å². The molecule has 1 aliphatic rings. The molecule has 0 spiro atoms. The van der Waals surface area contributed by atoms with E-state index in [1.54, 1.807) is 0 Å². The standard InChI is InChI=1S/C30H23ClN4/c31-24-18-16-23(17-19-24)30-27(21-34(33-30)25-12-6-2-7-13-25)29-20-28(22-10-4-1-5-11-22)32-35(29)26-14-8-3-9-15-26/h1-19,21,29H,20H2/t29-/m1/s1. The number of benzene rings is 4. The van der Waals surface area contributed by atoms with Crippen molar-refractivity contribution in [3.8, 4) is 16.9 Å². The molecular formula is C30H23ClN4. The highest BCUT2D eigenvalue weighted by Gasteiger charge is 2.33. The van der Waals surface area contributed by atoms with E-state index in [-0.39, 0.29) is 6.04 Å². The van der Waals surface area contributed by atoms with Crippen molar-refractivity contribution in [2.75, 3.05) is 5.01 Å². The summed E-state index contributed by atoms with van der Waals surface area (Å²) < 4.78 is 1.96. The second kappa shape index (κ2) is 9.24.